The van der Waals surface area contributed by atoms with E-state index in [9.17, 15) is 10.1 Å². The zero-order valence-electron chi connectivity index (χ0n) is 15.6. The fraction of sp³-hybridized carbons (Fsp3) is 0. The second kappa shape index (κ2) is 9.18. The second-order valence-corrected chi connectivity index (χ2v) is 7.76. The summed E-state index contributed by atoms with van der Waals surface area (Å²) in [6, 6.07) is 20.3. The van der Waals surface area contributed by atoms with Crippen LogP contribution in [0.5, 0.6) is 11.5 Å². The predicted molar refractivity (Wildman–Crippen MR) is 121 cm³/mol. The monoisotopic (exact) mass is 429 g/mol. The third-order valence-corrected chi connectivity index (χ3v) is 5.65. The maximum absolute atomic E-state index is 12.7. The molecule has 1 N–H and O–H groups in total. The van der Waals surface area contributed by atoms with Crippen LogP contribution in [0, 0.1) is 11.3 Å². The standard InChI is InChI=1S/C23H15N3O2S2/c24-13-17(12-18-15-30-23(25-18)16-10-11-29-14-16)22(27)26-20-8-4-5-9-21(20)28-19-6-2-1-3-7-19/h1-12,14-15H,(H,26,27)/b17-12-. The van der Waals surface area contributed by atoms with E-state index in [0.717, 1.165) is 10.6 Å². The Kier molecular flexibility index (Phi) is 5.99. The fourth-order valence-electron chi connectivity index (χ4n) is 2.63. The molecule has 1 amide bonds. The normalized spacial score (nSPS) is 11.0. The van der Waals surface area contributed by atoms with Crippen molar-refractivity contribution < 1.29 is 9.53 Å². The summed E-state index contributed by atoms with van der Waals surface area (Å²) >= 11 is 3.06. The molecule has 2 heterocycles. The van der Waals surface area contributed by atoms with Crippen molar-refractivity contribution in [3.05, 3.63) is 88.1 Å². The summed E-state index contributed by atoms with van der Waals surface area (Å²) in [6.07, 6.45) is 1.49. The number of ether oxygens (including phenoxy) is 1. The molecule has 0 spiro atoms. The molecule has 4 aromatic rings. The van der Waals surface area contributed by atoms with Gasteiger partial charge in [-0.1, -0.05) is 30.3 Å². The highest BCUT2D eigenvalue weighted by Crippen LogP contribution is 2.30. The van der Waals surface area contributed by atoms with Gasteiger partial charge in [0.15, 0.2) is 5.75 Å². The lowest BCUT2D eigenvalue weighted by atomic mass is 10.2. The van der Waals surface area contributed by atoms with Crippen molar-refractivity contribution in [2.45, 2.75) is 0 Å². The smallest absolute Gasteiger partial charge is 0.266 e. The average Bonchev–Trinajstić information content (AvgIpc) is 3.46. The number of rotatable bonds is 6. The molecule has 0 saturated carbocycles. The lowest BCUT2D eigenvalue weighted by Gasteiger charge is -2.11. The lowest BCUT2D eigenvalue weighted by molar-refractivity contribution is -0.112. The molecule has 0 radical (unpaired) electrons. The SMILES string of the molecule is N#C/C(=C/c1csc(-c2ccsc2)n1)C(=O)Nc1ccccc1Oc1ccccc1. The van der Waals surface area contributed by atoms with Gasteiger partial charge >= 0.3 is 0 Å². The van der Waals surface area contributed by atoms with Crippen molar-refractivity contribution in [3.8, 4) is 28.1 Å². The number of nitrogens with one attached hydrogen (secondary N) is 1. The van der Waals surface area contributed by atoms with Crippen molar-refractivity contribution in [1.29, 1.82) is 5.26 Å². The number of carbonyl (C=O) groups is 1. The minimum absolute atomic E-state index is 0.0355. The lowest BCUT2D eigenvalue weighted by Crippen LogP contribution is -2.14. The van der Waals surface area contributed by atoms with Crippen LogP contribution in [0.3, 0.4) is 0 Å². The fourth-order valence-corrected chi connectivity index (χ4v) is 4.12. The molecule has 146 valence electrons. The number of aromatic nitrogens is 1. The molecule has 0 aliphatic heterocycles. The highest BCUT2D eigenvalue weighted by molar-refractivity contribution is 7.14. The molecule has 0 fully saturated rings. The van der Waals surface area contributed by atoms with Crippen LogP contribution in [0.15, 0.2) is 82.4 Å². The summed E-state index contributed by atoms with van der Waals surface area (Å²) in [6.45, 7) is 0. The number of benzene rings is 2. The first-order valence-electron chi connectivity index (χ1n) is 8.96. The van der Waals surface area contributed by atoms with Gasteiger partial charge in [-0.3, -0.25) is 4.79 Å². The molecular weight excluding hydrogens is 414 g/mol. The maximum atomic E-state index is 12.7. The van der Waals surface area contributed by atoms with Crippen LogP contribution >= 0.6 is 22.7 Å². The Morgan fingerprint density at radius 3 is 2.63 bits per heavy atom. The van der Waals surface area contributed by atoms with Gasteiger partial charge in [-0.05, 0) is 41.8 Å². The molecule has 0 saturated heterocycles. The number of carbonyl (C=O) groups excluding carboxylic acids is 1. The quantitative estimate of drug-likeness (QED) is 0.292. The van der Waals surface area contributed by atoms with Gasteiger partial charge in [0.25, 0.3) is 5.91 Å². The number of nitriles is 1. The summed E-state index contributed by atoms with van der Waals surface area (Å²) in [5, 5.41) is 18.9. The van der Waals surface area contributed by atoms with Gasteiger partial charge in [0.1, 0.15) is 22.4 Å². The topological polar surface area (TPSA) is 75.0 Å². The van der Waals surface area contributed by atoms with Crippen molar-refractivity contribution >= 4 is 40.3 Å². The van der Waals surface area contributed by atoms with Crippen molar-refractivity contribution in [1.82, 2.24) is 4.98 Å². The van der Waals surface area contributed by atoms with Crippen molar-refractivity contribution in [2.24, 2.45) is 0 Å². The largest absolute Gasteiger partial charge is 0.455 e. The molecule has 0 atom stereocenters. The Bertz CT molecular complexity index is 1220. The van der Waals surface area contributed by atoms with Crippen LogP contribution in [0.2, 0.25) is 0 Å². The molecule has 5 nitrogen and oxygen atoms in total. The molecule has 0 aliphatic rings. The highest BCUT2D eigenvalue weighted by Gasteiger charge is 2.14. The van der Waals surface area contributed by atoms with E-state index < -0.39 is 5.91 Å². The van der Waals surface area contributed by atoms with Crippen LogP contribution < -0.4 is 10.1 Å². The summed E-state index contributed by atoms with van der Waals surface area (Å²) in [4.78, 5) is 17.2. The molecule has 0 unspecified atom stereocenters. The zero-order valence-corrected chi connectivity index (χ0v) is 17.2. The number of nitrogens with zero attached hydrogens (tertiary/aromatic N) is 2. The first-order chi connectivity index (χ1) is 14.7. The number of hydrogen-bond acceptors (Lipinski definition) is 6. The third kappa shape index (κ3) is 4.63. The summed E-state index contributed by atoms with van der Waals surface area (Å²) in [5.41, 5.74) is 2.04. The van der Waals surface area contributed by atoms with Crippen molar-refractivity contribution in [3.63, 3.8) is 0 Å². The highest BCUT2D eigenvalue weighted by atomic mass is 32.1. The van der Waals surface area contributed by atoms with Crippen LogP contribution in [0.1, 0.15) is 5.69 Å². The number of hydrogen-bond donors (Lipinski definition) is 1. The molecular formula is C23H15N3O2S2. The Morgan fingerprint density at radius 2 is 1.87 bits per heavy atom. The van der Waals surface area contributed by atoms with E-state index >= 15 is 0 Å². The first-order valence-corrected chi connectivity index (χ1v) is 10.8. The number of para-hydroxylation sites is 3. The van der Waals surface area contributed by atoms with Crippen LogP contribution in [-0.2, 0) is 4.79 Å². The van der Waals surface area contributed by atoms with E-state index in [-0.39, 0.29) is 5.57 Å². The first kappa shape index (κ1) is 19.6. The molecule has 30 heavy (non-hydrogen) atoms. The van der Waals surface area contributed by atoms with Crippen molar-refractivity contribution in [2.75, 3.05) is 5.32 Å². The number of anilines is 1. The number of thiophene rings is 1. The summed E-state index contributed by atoms with van der Waals surface area (Å²) in [5.74, 6) is 0.619. The molecule has 0 bridgehead atoms. The Balaban J connectivity index is 1.53. The summed E-state index contributed by atoms with van der Waals surface area (Å²) < 4.78 is 5.86. The van der Waals surface area contributed by atoms with Crippen LogP contribution in [0.25, 0.3) is 16.6 Å². The molecule has 7 heteroatoms. The minimum atomic E-state index is -0.522. The van der Waals surface area contributed by atoms with Gasteiger partial charge in [0, 0.05) is 16.3 Å². The van der Waals surface area contributed by atoms with Gasteiger partial charge < -0.3 is 10.1 Å². The predicted octanol–water partition coefficient (Wildman–Crippen LogP) is 6.21. The van der Waals surface area contributed by atoms with Crippen LogP contribution in [0.4, 0.5) is 5.69 Å². The molecule has 2 aromatic carbocycles. The minimum Gasteiger partial charge on any atom is -0.455 e. The van der Waals surface area contributed by atoms with E-state index in [1.54, 1.807) is 29.5 Å². The second-order valence-electron chi connectivity index (χ2n) is 6.12. The Labute approximate surface area is 181 Å². The average molecular weight is 430 g/mol. The van der Waals surface area contributed by atoms with E-state index in [4.69, 9.17) is 4.74 Å². The van der Waals surface area contributed by atoms with Gasteiger partial charge in [-0.2, -0.15) is 16.6 Å². The Hall–Kier alpha value is -3.73. The molecule has 0 aliphatic carbocycles. The van der Waals surface area contributed by atoms with E-state index in [2.05, 4.69) is 10.3 Å². The third-order valence-electron chi connectivity index (χ3n) is 4.05. The van der Waals surface area contributed by atoms with Gasteiger partial charge in [0.2, 0.25) is 0 Å². The molecule has 2 aromatic heterocycles. The number of thiazole rings is 1. The zero-order chi connectivity index (χ0) is 20.8. The van der Waals surface area contributed by atoms with Gasteiger partial charge in [-0.25, -0.2) is 4.98 Å². The van der Waals surface area contributed by atoms with Gasteiger partial charge in [0.05, 0.1) is 11.4 Å². The summed E-state index contributed by atoms with van der Waals surface area (Å²) in [7, 11) is 0. The van der Waals surface area contributed by atoms with E-state index in [0.29, 0.717) is 22.9 Å². The molecule has 4 rings (SSSR count). The maximum Gasteiger partial charge on any atom is 0.266 e. The number of amides is 1. The van der Waals surface area contributed by atoms with E-state index in [1.165, 1.54) is 17.4 Å². The Morgan fingerprint density at radius 1 is 1.07 bits per heavy atom. The van der Waals surface area contributed by atoms with Gasteiger partial charge in [-0.15, -0.1) is 11.3 Å². The van der Waals surface area contributed by atoms with E-state index in [1.807, 2.05) is 64.7 Å². The van der Waals surface area contributed by atoms with Crippen LogP contribution in [-0.4, -0.2) is 10.9 Å².